The molecule has 0 aliphatic rings. The van der Waals surface area contributed by atoms with Gasteiger partial charge in [-0.05, 0) is 49.4 Å². The van der Waals surface area contributed by atoms with Crippen LogP contribution in [0.4, 0.5) is 5.69 Å². The first-order valence-corrected chi connectivity index (χ1v) is 7.51. The van der Waals surface area contributed by atoms with Crippen LogP contribution in [-0.4, -0.2) is 16.3 Å². The molecule has 7 heteroatoms. The molecule has 6 nitrogen and oxygen atoms in total. The third kappa shape index (κ3) is 3.23. The van der Waals surface area contributed by atoms with Crippen LogP contribution < -0.4 is 11.1 Å². The van der Waals surface area contributed by atoms with E-state index in [-0.39, 0.29) is 12.3 Å². The molecule has 3 aromatic rings. The SMILES string of the molecule is CC(=O)c1ccc(NC(=O)Cn2c(=O)oc3ccc(Cl)cc32)cc1. The first-order valence-electron chi connectivity index (χ1n) is 7.14. The summed E-state index contributed by atoms with van der Waals surface area (Å²) in [7, 11) is 0. The van der Waals surface area contributed by atoms with Gasteiger partial charge in [0.25, 0.3) is 0 Å². The molecule has 1 N–H and O–H groups in total. The number of aromatic nitrogens is 1. The topological polar surface area (TPSA) is 81.3 Å². The molecule has 1 heterocycles. The largest absolute Gasteiger partial charge is 0.420 e. The van der Waals surface area contributed by atoms with Crippen LogP contribution in [0.15, 0.2) is 51.7 Å². The van der Waals surface area contributed by atoms with Crippen molar-refractivity contribution in [3.63, 3.8) is 0 Å². The number of hydrogen-bond donors (Lipinski definition) is 1. The van der Waals surface area contributed by atoms with Gasteiger partial charge in [-0.15, -0.1) is 0 Å². The number of anilines is 1. The predicted octanol–water partition coefficient (Wildman–Crippen LogP) is 3.09. The van der Waals surface area contributed by atoms with Gasteiger partial charge in [0.15, 0.2) is 11.4 Å². The van der Waals surface area contributed by atoms with Crippen molar-refractivity contribution in [2.45, 2.75) is 13.5 Å². The van der Waals surface area contributed by atoms with Crippen molar-refractivity contribution < 1.29 is 14.0 Å². The average Bonchev–Trinajstić information content (AvgIpc) is 2.83. The van der Waals surface area contributed by atoms with Crippen molar-refractivity contribution in [2.24, 2.45) is 0 Å². The van der Waals surface area contributed by atoms with Crippen LogP contribution in [0.25, 0.3) is 11.1 Å². The highest BCUT2D eigenvalue weighted by molar-refractivity contribution is 6.31. The van der Waals surface area contributed by atoms with E-state index < -0.39 is 11.7 Å². The Balaban J connectivity index is 1.80. The number of benzene rings is 2. The molecular weight excluding hydrogens is 332 g/mol. The van der Waals surface area contributed by atoms with Gasteiger partial charge >= 0.3 is 5.76 Å². The highest BCUT2D eigenvalue weighted by Crippen LogP contribution is 2.18. The zero-order chi connectivity index (χ0) is 17.3. The van der Waals surface area contributed by atoms with Gasteiger partial charge < -0.3 is 9.73 Å². The number of fused-ring (bicyclic) bond motifs is 1. The molecular formula is C17H13ClN2O4. The number of rotatable bonds is 4. The van der Waals surface area contributed by atoms with Gasteiger partial charge in [-0.3, -0.25) is 14.2 Å². The molecule has 0 bridgehead atoms. The van der Waals surface area contributed by atoms with E-state index in [0.29, 0.717) is 27.4 Å². The predicted molar refractivity (Wildman–Crippen MR) is 90.6 cm³/mol. The minimum Gasteiger partial charge on any atom is -0.408 e. The smallest absolute Gasteiger partial charge is 0.408 e. The zero-order valence-electron chi connectivity index (χ0n) is 12.7. The van der Waals surface area contributed by atoms with Crippen LogP contribution in [0.3, 0.4) is 0 Å². The Hall–Kier alpha value is -2.86. The lowest BCUT2D eigenvalue weighted by molar-refractivity contribution is -0.116. The molecule has 0 saturated carbocycles. The quantitative estimate of drug-likeness (QED) is 0.737. The Morgan fingerprint density at radius 3 is 2.54 bits per heavy atom. The summed E-state index contributed by atoms with van der Waals surface area (Å²) >= 11 is 5.92. The van der Waals surface area contributed by atoms with Crippen LogP contribution in [0, 0.1) is 0 Å². The van der Waals surface area contributed by atoms with Crippen molar-refractivity contribution in [3.8, 4) is 0 Å². The summed E-state index contributed by atoms with van der Waals surface area (Å²) in [4.78, 5) is 35.3. The van der Waals surface area contributed by atoms with Gasteiger partial charge in [0.05, 0.1) is 5.52 Å². The number of ketones is 1. The highest BCUT2D eigenvalue weighted by atomic mass is 35.5. The number of oxazole rings is 1. The van der Waals surface area contributed by atoms with Crippen molar-refractivity contribution in [1.82, 2.24) is 4.57 Å². The maximum absolute atomic E-state index is 12.2. The third-order valence-corrected chi connectivity index (χ3v) is 3.74. The van der Waals surface area contributed by atoms with Crippen molar-refractivity contribution in [1.29, 1.82) is 0 Å². The molecule has 0 spiro atoms. The standard InChI is InChI=1S/C17H13ClN2O4/c1-10(21)11-2-5-13(6-3-11)19-16(22)9-20-14-8-12(18)4-7-15(14)24-17(20)23/h2-8H,9H2,1H3,(H,19,22). The Kier molecular flexibility index (Phi) is 4.22. The normalized spacial score (nSPS) is 10.8. The molecule has 3 rings (SSSR count). The number of nitrogens with one attached hydrogen (secondary N) is 1. The van der Waals surface area contributed by atoms with E-state index in [9.17, 15) is 14.4 Å². The van der Waals surface area contributed by atoms with E-state index in [4.69, 9.17) is 16.0 Å². The van der Waals surface area contributed by atoms with Crippen molar-refractivity contribution in [3.05, 3.63) is 63.6 Å². The van der Waals surface area contributed by atoms with E-state index in [1.807, 2.05) is 0 Å². The number of amides is 1. The lowest BCUT2D eigenvalue weighted by Crippen LogP contribution is -2.24. The zero-order valence-corrected chi connectivity index (χ0v) is 13.5. The summed E-state index contributed by atoms with van der Waals surface area (Å²) in [5, 5.41) is 3.11. The lowest BCUT2D eigenvalue weighted by atomic mass is 10.1. The molecule has 1 aromatic heterocycles. The van der Waals surface area contributed by atoms with Gasteiger partial charge in [-0.25, -0.2) is 4.79 Å². The fraction of sp³-hybridized carbons (Fsp3) is 0.118. The first-order chi connectivity index (χ1) is 11.4. The van der Waals surface area contributed by atoms with Gasteiger partial charge in [0.2, 0.25) is 5.91 Å². The van der Waals surface area contributed by atoms with E-state index in [0.717, 1.165) is 0 Å². The fourth-order valence-electron chi connectivity index (χ4n) is 2.32. The van der Waals surface area contributed by atoms with Crippen LogP contribution >= 0.6 is 11.6 Å². The Bertz CT molecular complexity index is 986. The van der Waals surface area contributed by atoms with Gasteiger partial charge in [-0.2, -0.15) is 0 Å². The Morgan fingerprint density at radius 2 is 1.88 bits per heavy atom. The monoisotopic (exact) mass is 344 g/mol. The minimum absolute atomic E-state index is 0.0545. The number of carbonyl (C=O) groups is 2. The second-order valence-electron chi connectivity index (χ2n) is 5.25. The number of halogens is 1. The highest BCUT2D eigenvalue weighted by Gasteiger charge is 2.13. The van der Waals surface area contributed by atoms with E-state index in [1.54, 1.807) is 42.5 Å². The Morgan fingerprint density at radius 1 is 1.17 bits per heavy atom. The molecule has 1 amide bonds. The molecule has 0 fully saturated rings. The maximum Gasteiger partial charge on any atom is 0.420 e. The van der Waals surface area contributed by atoms with Crippen molar-refractivity contribution in [2.75, 3.05) is 5.32 Å². The minimum atomic E-state index is -0.630. The molecule has 0 aliphatic heterocycles. The molecule has 122 valence electrons. The summed E-state index contributed by atoms with van der Waals surface area (Å²) in [5.74, 6) is -1.08. The average molecular weight is 345 g/mol. The Labute approximate surface area is 141 Å². The first kappa shape index (κ1) is 16.0. The third-order valence-electron chi connectivity index (χ3n) is 3.51. The lowest BCUT2D eigenvalue weighted by Gasteiger charge is -2.06. The number of carbonyl (C=O) groups excluding carboxylic acids is 2. The molecule has 0 aliphatic carbocycles. The molecule has 24 heavy (non-hydrogen) atoms. The molecule has 2 aromatic carbocycles. The van der Waals surface area contributed by atoms with Gasteiger partial charge in [0.1, 0.15) is 6.54 Å². The van der Waals surface area contributed by atoms with Gasteiger partial charge in [0, 0.05) is 16.3 Å². The summed E-state index contributed by atoms with van der Waals surface area (Å²) < 4.78 is 6.29. The fourth-order valence-corrected chi connectivity index (χ4v) is 2.48. The summed E-state index contributed by atoms with van der Waals surface area (Å²) in [6.45, 7) is 1.26. The summed E-state index contributed by atoms with van der Waals surface area (Å²) in [6.07, 6.45) is 0. The maximum atomic E-state index is 12.2. The van der Waals surface area contributed by atoms with Crippen LogP contribution in [0.1, 0.15) is 17.3 Å². The van der Waals surface area contributed by atoms with Crippen LogP contribution in [0.5, 0.6) is 0 Å². The molecule has 0 atom stereocenters. The van der Waals surface area contributed by atoms with E-state index in [1.165, 1.54) is 11.5 Å². The number of Topliss-reactive ketones (excluding diaryl/α,β-unsaturated/α-hetero) is 1. The molecule has 0 saturated heterocycles. The van der Waals surface area contributed by atoms with E-state index in [2.05, 4.69) is 5.32 Å². The second kappa shape index (κ2) is 6.33. The van der Waals surface area contributed by atoms with Crippen LogP contribution in [0.2, 0.25) is 5.02 Å². The molecule has 0 unspecified atom stereocenters. The van der Waals surface area contributed by atoms with E-state index >= 15 is 0 Å². The summed E-state index contributed by atoms with van der Waals surface area (Å²) in [5.41, 5.74) is 1.90. The molecule has 0 radical (unpaired) electrons. The number of hydrogen-bond acceptors (Lipinski definition) is 4. The van der Waals surface area contributed by atoms with Crippen LogP contribution in [-0.2, 0) is 11.3 Å². The van der Waals surface area contributed by atoms with Gasteiger partial charge in [-0.1, -0.05) is 11.6 Å². The number of nitrogens with zero attached hydrogens (tertiary/aromatic N) is 1. The summed E-state index contributed by atoms with van der Waals surface area (Å²) in [6, 6.07) is 11.2. The van der Waals surface area contributed by atoms with Crippen molar-refractivity contribution >= 4 is 40.1 Å². The second-order valence-corrected chi connectivity index (χ2v) is 5.68.